The van der Waals surface area contributed by atoms with Gasteiger partial charge < -0.3 is 14.4 Å². The van der Waals surface area contributed by atoms with E-state index in [1.54, 1.807) is 14.0 Å². The molecule has 0 saturated heterocycles. The molecule has 2 aromatic rings. The van der Waals surface area contributed by atoms with E-state index in [0.29, 0.717) is 0 Å². The highest BCUT2D eigenvalue weighted by molar-refractivity contribution is 9.10. The fourth-order valence-electron chi connectivity index (χ4n) is 1.80. The summed E-state index contributed by atoms with van der Waals surface area (Å²) in [5, 5.41) is 9.50. The van der Waals surface area contributed by atoms with Crippen molar-refractivity contribution in [1.82, 2.24) is 4.57 Å². The minimum absolute atomic E-state index is 0.431. The third-order valence-corrected chi connectivity index (χ3v) is 3.64. The monoisotopic (exact) mass is 309 g/mol. The average molecular weight is 310 g/mol. The number of aromatic nitrogens is 1. The molecule has 3 nitrogen and oxygen atoms in total. The zero-order chi connectivity index (χ0) is 13.1. The fourth-order valence-corrected chi connectivity index (χ4v) is 2.17. The summed E-state index contributed by atoms with van der Waals surface area (Å²) in [6.45, 7) is 2.51. The van der Waals surface area contributed by atoms with Crippen LogP contribution in [0.4, 0.5) is 0 Å². The standard InChI is InChI=1S/C14H16BrNO2/c1-10(17)11-5-6-16(8-11)9-12-7-13(18-2)3-4-14(12)15/h3-8,10,17H,9H2,1-2H3. The van der Waals surface area contributed by atoms with Gasteiger partial charge in [0.15, 0.2) is 0 Å². The van der Waals surface area contributed by atoms with E-state index < -0.39 is 6.10 Å². The fraction of sp³-hybridized carbons (Fsp3) is 0.286. The van der Waals surface area contributed by atoms with Gasteiger partial charge in [0, 0.05) is 23.4 Å². The minimum atomic E-state index is -0.431. The molecular weight excluding hydrogens is 294 g/mol. The second kappa shape index (κ2) is 5.59. The number of nitrogens with zero attached hydrogens (tertiary/aromatic N) is 1. The summed E-state index contributed by atoms with van der Waals surface area (Å²) in [5.41, 5.74) is 2.07. The predicted octanol–water partition coefficient (Wildman–Crippen LogP) is 3.36. The van der Waals surface area contributed by atoms with Gasteiger partial charge in [0.25, 0.3) is 0 Å². The average Bonchev–Trinajstić information content (AvgIpc) is 2.81. The molecule has 2 rings (SSSR count). The lowest BCUT2D eigenvalue weighted by molar-refractivity contribution is 0.199. The van der Waals surface area contributed by atoms with E-state index in [1.807, 2.05) is 41.2 Å². The molecule has 0 aliphatic carbocycles. The normalized spacial score (nSPS) is 12.4. The molecule has 0 radical (unpaired) electrons. The number of methoxy groups -OCH3 is 1. The lowest BCUT2D eigenvalue weighted by Crippen LogP contribution is -1.98. The first-order valence-corrected chi connectivity index (χ1v) is 6.55. The Balaban J connectivity index is 2.22. The van der Waals surface area contributed by atoms with Gasteiger partial charge in [0.2, 0.25) is 0 Å². The Hall–Kier alpha value is -1.26. The largest absolute Gasteiger partial charge is 0.497 e. The van der Waals surface area contributed by atoms with Crippen LogP contribution >= 0.6 is 15.9 Å². The molecule has 1 aromatic carbocycles. The van der Waals surface area contributed by atoms with E-state index in [-0.39, 0.29) is 0 Å². The molecule has 1 atom stereocenters. The maximum atomic E-state index is 9.50. The molecular formula is C14H16BrNO2. The van der Waals surface area contributed by atoms with E-state index in [0.717, 1.165) is 27.9 Å². The number of hydrogen-bond acceptors (Lipinski definition) is 2. The molecule has 96 valence electrons. The number of aliphatic hydroxyl groups is 1. The lowest BCUT2D eigenvalue weighted by atomic mass is 10.2. The summed E-state index contributed by atoms with van der Waals surface area (Å²) < 4.78 is 8.32. The van der Waals surface area contributed by atoms with Gasteiger partial charge in [-0.3, -0.25) is 0 Å². The zero-order valence-corrected chi connectivity index (χ0v) is 12.0. The summed E-state index contributed by atoms with van der Waals surface area (Å²) >= 11 is 3.53. The number of aliphatic hydroxyl groups excluding tert-OH is 1. The summed E-state index contributed by atoms with van der Waals surface area (Å²) in [7, 11) is 1.66. The third-order valence-electron chi connectivity index (χ3n) is 2.86. The first-order valence-electron chi connectivity index (χ1n) is 5.76. The summed E-state index contributed by atoms with van der Waals surface area (Å²) in [5.74, 6) is 0.844. The summed E-state index contributed by atoms with van der Waals surface area (Å²) in [6.07, 6.45) is 3.49. The van der Waals surface area contributed by atoms with Crippen molar-refractivity contribution in [2.24, 2.45) is 0 Å². The molecule has 0 aliphatic heterocycles. The van der Waals surface area contributed by atoms with Gasteiger partial charge in [-0.25, -0.2) is 0 Å². The van der Waals surface area contributed by atoms with Crippen molar-refractivity contribution in [2.75, 3.05) is 7.11 Å². The van der Waals surface area contributed by atoms with Crippen LogP contribution in [0.5, 0.6) is 5.75 Å². The van der Waals surface area contributed by atoms with Crippen molar-refractivity contribution in [3.63, 3.8) is 0 Å². The molecule has 0 bridgehead atoms. The Morgan fingerprint density at radius 2 is 2.17 bits per heavy atom. The molecule has 0 aliphatic rings. The molecule has 1 N–H and O–H groups in total. The number of benzene rings is 1. The second-order valence-corrected chi connectivity index (χ2v) is 5.10. The summed E-state index contributed by atoms with van der Waals surface area (Å²) in [4.78, 5) is 0. The zero-order valence-electron chi connectivity index (χ0n) is 10.4. The molecule has 0 fully saturated rings. The smallest absolute Gasteiger partial charge is 0.119 e. The molecule has 18 heavy (non-hydrogen) atoms. The van der Waals surface area contributed by atoms with Crippen LogP contribution in [0, 0.1) is 0 Å². The van der Waals surface area contributed by atoms with E-state index in [4.69, 9.17) is 4.74 Å². The van der Waals surface area contributed by atoms with Crippen LogP contribution in [0.2, 0.25) is 0 Å². The van der Waals surface area contributed by atoms with Gasteiger partial charge in [-0.2, -0.15) is 0 Å². The Bertz CT molecular complexity index is 534. The molecule has 0 saturated carbocycles. The Morgan fingerprint density at radius 1 is 1.39 bits per heavy atom. The van der Waals surface area contributed by atoms with Crippen LogP contribution in [0.3, 0.4) is 0 Å². The number of halogens is 1. The van der Waals surface area contributed by atoms with Crippen LogP contribution in [0.15, 0.2) is 41.1 Å². The maximum absolute atomic E-state index is 9.50. The van der Waals surface area contributed by atoms with Crippen molar-refractivity contribution in [3.05, 3.63) is 52.3 Å². The molecule has 1 heterocycles. The molecule has 0 amide bonds. The van der Waals surface area contributed by atoms with Crippen molar-refractivity contribution >= 4 is 15.9 Å². The van der Waals surface area contributed by atoms with Gasteiger partial charge in [-0.15, -0.1) is 0 Å². The quantitative estimate of drug-likeness (QED) is 0.939. The van der Waals surface area contributed by atoms with Crippen molar-refractivity contribution in [2.45, 2.75) is 19.6 Å². The van der Waals surface area contributed by atoms with Crippen LogP contribution in [-0.2, 0) is 6.54 Å². The van der Waals surface area contributed by atoms with Crippen molar-refractivity contribution in [3.8, 4) is 5.75 Å². The van der Waals surface area contributed by atoms with E-state index in [9.17, 15) is 5.11 Å². The van der Waals surface area contributed by atoms with Gasteiger partial charge in [-0.1, -0.05) is 15.9 Å². The van der Waals surface area contributed by atoms with Crippen LogP contribution in [0.1, 0.15) is 24.2 Å². The van der Waals surface area contributed by atoms with Gasteiger partial charge >= 0.3 is 0 Å². The first-order chi connectivity index (χ1) is 8.60. The molecule has 4 heteroatoms. The highest BCUT2D eigenvalue weighted by atomic mass is 79.9. The molecule has 0 spiro atoms. The van der Waals surface area contributed by atoms with Crippen molar-refractivity contribution < 1.29 is 9.84 Å². The van der Waals surface area contributed by atoms with Gasteiger partial charge in [-0.05, 0) is 42.3 Å². The Kier molecular flexibility index (Phi) is 4.09. The number of rotatable bonds is 4. The van der Waals surface area contributed by atoms with Crippen LogP contribution in [-0.4, -0.2) is 16.8 Å². The summed E-state index contributed by atoms with van der Waals surface area (Å²) in [6, 6.07) is 7.84. The SMILES string of the molecule is COc1ccc(Br)c(Cn2ccc(C(C)O)c2)c1. The van der Waals surface area contributed by atoms with Crippen molar-refractivity contribution in [1.29, 1.82) is 0 Å². The van der Waals surface area contributed by atoms with Gasteiger partial charge in [0.1, 0.15) is 5.75 Å². The number of ether oxygens (including phenoxy) is 1. The highest BCUT2D eigenvalue weighted by Gasteiger charge is 2.06. The van der Waals surface area contributed by atoms with Crippen LogP contribution < -0.4 is 4.74 Å². The number of hydrogen-bond donors (Lipinski definition) is 1. The van der Waals surface area contributed by atoms with Gasteiger partial charge in [0.05, 0.1) is 13.2 Å². The second-order valence-electron chi connectivity index (χ2n) is 4.25. The maximum Gasteiger partial charge on any atom is 0.119 e. The highest BCUT2D eigenvalue weighted by Crippen LogP contribution is 2.24. The Labute approximate surface area is 115 Å². The predicted molar refractivity (Wildman–Crippen MR) is 74.9 cm³/mol. The first kappa shape index (κ1) is 13.2. The van der Waals surface area contributed by atoms with E-state index in [2.05, 4.69) is 15.9 Å². The minimum Gasteiger partial charge on any atom is -0.497 e. The Morgan fingerprint density at radius 3 is 2.78 bits per heavy atom. The molecule has 1 unspecified atom stereocenters. The van der Waals surface area contributed by atoms with Crippen LogP contribution in [0.25, 0.3) is 0 Å². The molecule has 1 aromatic heterocycles. The third kappa shape index (κ3) is 2.94. The van der Waals surface area contributed by atoms with E-state index >= 15 is 0 Å². The van der Waals surface area contributed by atoms with E-state index in [1.165, 1.54) is 0 Å². The topological polar surface area (TPSA) is 34.4 Å². The lowest BCUT2D eigenvalue weighted by Gasteiger charge is -2.08.